The second-order valence-corrected chi connectivity index (χ2v) is 7.52. The van der Waals surface area contributed by atoms with Crippen LogP contribution in [0, 0.1) is 0 Å². The van der Waals surface area contributed by atoms with Gasteiger partial charge in [0.1, 0.15) is 11.4 Å². The lowest BCUT2D eigenvalue weighted by atomic mass is 10.1. The molecule has 1 aliphatic rings. The minimum absolute atomic E-state index is 0.0698. The third-order valence-electron chi connectivity index (χ3n) is 4.13. The van der Waals surface area contributed by atoms with Crippen LogP contribution >= 0.6 is 0 Å². The lowest BCUT2D eigenvalue weighted by Gasteiger charge is -2.41. The number of amides is 1. The quantitative estimate of drug-likeness (QED) is 0.605. The maximum Gasteiger partial charge on any atom is 0.425 e. The smallest absolute Gasteiger partial charge is 0.425 e. The normalized spacial score (nSPS) is 19.6. The van der Waals surface area contributed by atoms with Crippen LogP contribution in [0.15, 0.2) is 18.2 Å². The Bertz CT molecular complexity index is 663. The van der Waals surface area contributed by atoms with Crippen molar-refractivity contribution in [1.82, 2.24) is 15.0 Å². The molecule has 3 N–H and O–H groups in total. The van der Waals surface area contributed by atoms with Crippen LogP contribution < -0.4 is 11.3 Å². The molecular formula is C17H26F3N5O2. The van der Waals surface area contributed by atoms with Crippen molar-refractivity contribution < 1.29 is 22.7 Å². The van der Waals surface area contributed by atoms with Crippen molar-refractivity contribution in [2.45, 2.75) is 64.4 Å². The van der Waals surface area contributed by atoms with Crippen molar-refractivity contribution >= 4 is 11.9 Å². The van der Waals surface area contributed by atoms with E-state index in [9.17, 15) is 18.0 Å². The number of nitrogens with one attached hydrogen (secondary N) is 1. The van der Waals surface area contributed by atoms with E-state index in [0.29, 0.717) is 24.4 Å². The van der Waals surface area contributed by atoms with Gasteiger partial charge in [0.25, 0.3) is 0 Å². The fraction of sp³-hybridized carbons (Fsp3) is 0.647. The third-order valence-corrected chi connectivity index (χ3v) is 4.13. The second-order valence-electron chi connectivity index (χ2n) is 7.52. The second kappa shape index (κ2) is 7.89. The summed E-state index contributed by atoms with van der Waals surface area (Å²) in [5, 5.41) is 2.07. The average molecular weight is 389 g/mol. The number of carbonyl (C=O) groups is 1. The molecule has 0 unspecified atom stereocenters. The van der Waals surface area contributed by atoms with Gasteiger partial charge in [0.15, 0.2) is 6.04 Å². The van der Waals surface area contributed by atoms with Crippen LogP contribution in [0.3, 0.4) is 0 Å². The van der Waals surface area contributed by atoms with Gasteiger partial charge in [-0.05, 0) is 52.7 Å². The predicted molar refractivity (Wildman–Crippen MR) is 94.3 cm³/mol. The van der Waals surface area contributed by atoms with E-state index in [1.165, 1.54) is 23.2 Å². The number of carbonyl (C=O) groups excluding carboxylic acids is 1. The molecule has 1 aliphatic heterocycles. The van der Waals surface area contributed by atoms with Crippen molar-refractivity contribution in [3.8, 4) is 0 Å². The van der Waals surface area contributed by atoms with E-state index in [0.717, 1.165) is 0 Å². The monoisotopic (exact) mass is 389 g/mol. The van der Waals surface area contributed by atoms with Gasteiger partial charge >= 0.3 is 12.3 Å². The number of aromatic nitrogens is 1. The van der Waals surface area contributed by atoms with Crippen LogP contribution in [0.2, 0.25) is 0 Å². The summed E-state index contributed by atoms with van der Waals surface area (Å²) in [5.74, 6) is 5.35. The zero-order chi connectivity index (χ0) is 20.4. The molecule has 0 bridgehead atoms. The molecular weight excluding hydrogens is 363 g/mol. The zero-order valence-electron chi connectivity index (χ0n) is 15.9. The van der Waals surface area contributed by atoms with E-state index in [2.05, 4.69) is 10.4 Å². The maximum absolute atomic E-state index is 14.1. The summed E-state index contributed by atoms with van der Waals surface area (Å²) in [6, 6.07) is 1.53. The first-order valence-corrected chi connectivity index (χ1v) is 8.73. The molecule has 2 atom stereocenters. The molecule has 27 heavy (non-hydrogen) atoms. The molecule has 10 heteroatoms. The van der Waals surface area contributed by atoms with Crippen molar-refractivity contribution in [1.29, 1.82) is 0 Å². The van der Waals surface area contributed by atoms with Gasteiger partial charge in [0, 0.05) is 12.6 Å². The van der Waals surface area contributed by atoms with Crippen LogP contribution in [-0.4, -0.2) is 45.5 Å². The standard InChI is InChI=1S/C17H26F3N5O2/c1-11-7-6-10-24(11)25(15(26)27-16(2,3)4)14(17(18,19)20)12-8-5-9-13(22-12)23-21/h5,8-9,11,14H,6-7,10,21H2,1-4H3,(H,22,23)/t11-,14-/m0/s1. The lowest BCUT2D eigenvalue weighted by molar-refractivity contribution is -0.220. The molecule has 1 amide bonds. The molecule has 0 aromatic carbocycles. The molecule has 2 rings (SSSR count). The lowest BCUT2D eigenvalue weighted by Crippen LogP contribution is -2.55. The summed E-state index contributed by atoms with van der Waals surface area (Å²) in [6.07, 6.45) is -4.46. The average Bonchev–Trinajstić information content (AvgIpc) is 2.95. The number of nitrogens with two attached hydrogens (primary N) is 1. The number of rotatable bonds is 4. The first kappa shape index (κ1) is 21.2. The van der Waals surface area contributed by atoms with Crippen LogP contribution in [0.1, 0.15) is 52.3 Å². The maximum atomic E-state index is 14.1. The topological polar surface area (TPSA) is 83.7 Å². The largest absolute Gasteiger partial charge is 0.443 e. The number of anilines is 1. The highest BCUT2D eigenvalue weighted by Crippen LogP contribution is 2.40. The Morgan fingerprint density at radius 3 is 2.56 bits per heavy atom. The highest BCUT2D eigenvalue weighted by Gasteiger charge is 2.52. The fourth-order valence-corrected chi connectivity index (χ4v) is 3.02. The van der Waals surface area contributed by atoms with E-state index in [-0.39, 0.29) is 17.6 Å². The number of nitrogens with zero attached hydrogens (tertiary/aromatic N) is 3. The first-order chi connectivity index (χ1) is 12.4. The fourth-order valence-electron chi connectivity index (χ4n) is 3.02. The predicted octanol–water partition coefficient (Wildman–Crippen LogP) is 3.61. The van der Waals surface area contributed by atoms with Crippen LogP contribution in [-0.2, 0) is 4.74 Å². The van der Waals surface area contributed by atoms with Gasteiger partial charge in [-0.15, -0.1) is 0 Å². The Hall–Kier alpha value is -2.07. The molecule has 1 aromatic rings. The molecule has 152 valence electrons. The molecule has 1 saturated heterocycles. The van der Waals surface area contributed by atoms with Crippen LogP contribution in [0.5, 0.6) is 0 Å². The van der Waals surface area contributed by atoms with E-state index < -0.39 is 23.9 Å². The summed E-state index contributed by atoms with van der Waals surface area (Å²) in [6.45, 7) is 6.92. The van der Waals surface area contributed by atoms with E-state index >= 15 is 0 Å². The number of halogens is 3. The van der Waals surface area contributed by atoms with Gasteiger partial charge in [-0.3, -0.25) is 0 Å². The van der Waals surface area contributed by atoms with Crippen molar-refractivity contribution in [2.24, 2.45) is 5.84 Å². The molecule has 1 fully saturated rings. The summed E-state index contributed by atoms with van der Waals surface area (Å²) in [7, 11) is 0. The molecule has 1 aromatic heterocycles. The third kappa shape index (κ3) is 5.23. The van der Waals surface area contributed by atoms with Gasteiger partial charge in [0.05, 0.1) is 5.69 Å². The number of pyridine rings is 1. The highest BCUT2D eigenvalue weighted by atomic mass is 19.4. The number of ether oxygens (including phenoxy) is 1. The van der Waals surface area contributed by atoms with Gasteiger partial charge in [-0.1, -0.05) is 6.07 Å². The minimum atomic E-state index is -4.76. The Morgan fingerprint density at radius 2 is 2.07 bits per heavy atom. The summed E-state index contributed by atoms with van der Waals surface area (Å²) < 4.78 is 47.6. The SMILES string of the molecule is C[C@H]1CCCN1N(C(=O)OC(C)(C)C)[C@@H](c1cccc(NN)n1)C(F)(F)F. The minimum Gasteiger partial charge on any atom is -0.443 e. The molecule has 0 spiro atoms. The molecule has 0 aliphatic carbocycles. The van der Waals surface area contributed by atoms with E-state index in [4.69, 9.17) is 10.6 Å². The Kier molecular flexibility index (Phi) is 6.21. The highest BCUT2D eigenvalue weighted by molar-refractivity contribution is 5.68. The van der Waals surface area contributed by atoms with Gasteiger partial charge in [-0.25, -0.2) is 25.6 Å². The van der Waals surface area contributed by atoms with Gasteiger partial charge in [0.2, 0.25) is 0 Å². The molecule has 0 radical (unpaired) electrons. The van der Waals surface area contributed by atoms with Crippen LogP contribution in [0.25, 0.3) is 0 Å². The molecule has 7 nitrogen and oxygen atoms in total. The van der Waals surface area contributed by atoms with Gasteiger partial charge < -0.3 is 10.2 Å². The van der Waals surface area contributed by atoms with Crippen molar-refractivity contribution in [3.05, 3.63) is 23.9 Å². The number of hydrazine groups is 2. The zero-order valence-corrected chi connectivity index (χ0v) is 15.9. The first-order valence-electron chi connectivity index (χ1n) is 8.73. The van der Waals surface area contributed by atoms with Crippen molar-refractivity contribution in [2.75, 3.05) is 12.0 Å². The summed E-state index contributed by atoms with van der Waals surface area (Å²) in [5.41, 5.74) is 0.945. The molecule has 0 saturated carbocycles. The van der Waals surface area contributed by atoms with Gasteiger partial charge in [-0.2, -0.15) is 13.2 Å². The Morgan fingerprint density at radius 1 is 1.41 bits per heavy atom. The number of hydrogen-bond donors (Lipinski definition) is 2. The number of nitrogen functional groups attached to an aromatic ring is 1. The van der Waals surface area contributed by atoms with E-state index in [1.54, 1.807) is 27.7 Å². The Labute approximate surface area is 156 Å². The number of hydrogen-bond acceptors (Lipinski definition) is 6. The molecule has 2 heterocycles. The summed E-state index contributed by atoms with van der Waals surface area (Å²) >= 11 is 0. The number of alkyl halides is 3. The van der Waals surface area contributed by atoms with Crippen LogP contribution in [0.4, 0.5) is 23.8 Å². The Balaban J connectivity index is 2.54. The van der Waals surface area contributed by atoms with Crippen molar-refractivity contribution in [3.63, 3.8) is 0 Å². The summed E-state index contributed by atoms with van der Waals surface area (Å²) in [4.78, 5) is 16.7. The van der Waals surface area contributed by atoms with E-state index in [1.807, 2.05) is 0 Å².